The van der Waals surface area contributed by atoms with Crippen molar-refractivity contribution < 1.29 is 18.3 Å². The number of fused-ring (bicyclic) bond motifs is 1. The summed E-state index contributed by atoms with van der Waals surface area (Å²) in [6, 6.07) is 6.00. The smallest absolute Gasteiger partial charge is 0.287 e. The van der Waals surface area contributed by atoms with E-state index >= 15 is 0 Å². The van der Waals surface area contributed by atoms with Gasteiger partial charge in [0.1, 0.15) is 5.82 Å². The molecule has 0 aliphatic carbocycles. The van der Waals surface area contributed by atoms with Gasteiger partial charge in [0.15, 0.2) is 5.76 Å². The Hall–Kier alpha value is -2.76. The number of hydrogen-bond acceptors (Lipinski definition) is 3. The van der Waals surface area contributed by atoms with Crippen molar-refractivity contribution >= 4 is 16.8 Å². The van der Waals surface area contributed by atoms with E-state index in [1.807, 2.05) is 13.8 Å². The standard InChI is InChI=1S/C17H17FN2O3/c1-9-10(2)20-16-11(6-12(18)7-13(9)16)8-19-17(21)14-4-5-15(22-3)23-14/h4-7,20H,8H2,1-3H3,(H,19,21). The average Bonchev–Trinajstić information content (AvgIpc) is 3.12. The summed E-state index contributed by atoms with van der Waals surface area (Å²) in [5, 5.41) is 3.55. The number of ether oxygens (including phenoxy) is 1. The number of aromatic amines is 1. The molecule has 0 fully saturated rings. The zero-order valence-electron chi connectivity index (χ0n) is 13.1. The third-order valence-electron chi connectivity index (χ3n) is 3.91. The number of amides is 1. The van der Waals surface area contributed by atoms with Crippen molar-refractivity contribution in [3.63, 3.8) is 0 Å². The average molecular weight is 316 g/mol. The topological polar surface area (TPSA) is 67.3 Å². The second-order valence-corrected chi connectivity index (χ2v) is 5.37. The van der Waals surface area contributed by atoms with E-state index in [9.17, 15) is 9.18 Å². The maximum atomic E-state index is 13.8. The number of furan rings is 1. The number of aryl methyl sites for hydroxylation is 2. The lowest BCUT2D eigenvalue weighted by molar-refractivity contribution is 0.0917. The van der Waals surface area contributed by atoms with Crippen molar-refractivity contribution in [2.45, 2.75) is 20.4 Å². The first-order chi connectivity index (χ1) is 11.0. The molecule has 0 spiro atoms. The summed E-state index contributed by atoms with van der Waals surface area (Å²) >= 11 is 0. The largest absolute Gasteiger partial charge is 0.468 e. The molecule has 2 aromatic heterocycles. The van der Waals surface area contributed by atoms with E-state index in [0.717, 1.165) is 22.2 Å². The molecule has 3 aromatic rings. The van der Waals surface area contributed by atoms with Gasteiger partial charge in [-0.15, -0.1) is 0 Å². The summed E-state index contributed by atoms with van der Waals surface area (Å²) in [7, 11) is 1.46. The van der Waals surface area contributed by atoms with E-state index in [4.69, 9.17) is 9.15 Å². The molecule has 120 valence electrons. The van der Waals surface area contributed by atoms with Crippen molar-refractivity contribution in [1.29, 1.82) is 0 Å². The highest BCUT2D eigenvalue weighted by molar-refractivity contribution is 5.92. The van der Waals surface area contributed by atoms with Crippen LogP contribution in [0.3, 0.4) is 0 Å². The third kappa shape index (κ3) is 2.79. The van der Waals surface area contributed by atoms with Crippen LogP contribution in [0.5, 0.6) is 5.95 Å². The molecule has 3 rings (SSSR count). The molecule has 5 nitrogen and oxygen atoms in total. The number of carbonyl (C=O) groups excluding carboxylic acids is 1. The predicted octanol–water partition coefficient (Wildman–Crippen LogP) is 3.46. The van der Waals surface area contributed by atoms with Crippen molar-refractivity contribution in [3.05, 3.63) is 52.7 Å². The molecule has 23 heavy (non-hydrogen) atoms. The normalized spacial score (nSPS) is 11.0. The van der Waals surface area contributed by atoms with Gasteiger partial charge in [-0.25, -0.2) is 4.39 Å². The maximum absolute atomic E-state index is 13.8. The molecule has 0 unspecified atom stereocenters. The molecule has 0 saturated carbocycles. The lowest BCUT2D eigenvalue weighted by Gasteiger charge is -2.06. The fraction of sp³-hybridized carbons (Fsp3) is 0.235. The van der Waals surface area contributed by atoms with E-state index in [2.05, 4.69) is 10.3 Å². The third-order valence-corrected chi connectivity index (χ3v) is 3.91. The Bertz CT molecular complexity index is 879. The second kappa shape index (κ2) is 5.79. The van der Waals surface area contributed by atoms with Crippen LogP contribution in [0.4, 0.5) is 4.39 Å². The van der Waals surface area contributed by atoms with Crippen LogP contribution in [-0.2, 0) is 6.54 Å². The molecule has 0 radical (unpaired) electrons. The minimum absolute atomic E-state index is 0.147. The monoisotopic (exact) mass is 316 g/mol. The number of nitrogens with one attached hydrogen (secondary N) is 2. The number of H-pyrrole nitrogens is 1. The Morgan fingerprint density at radius 2 is 2.13 bits per heavy atom. The SMILES string of the molecule is COc1ccc(C(=O)NCc2cc(F)cc3c(C)c(C)[nH]c23)o1. The van der Waals surface area contributed by atoms with E-state index in [1.54, 1.807) is 6.07 Å². The summed E-state index contributed by atoms with van der Waals surface area (Å²) in [5.41, 5.74) is 3.50. The number of rotatable bonds is 4. The molecule has 1 amide bonds. The highest BCUT2D eigenvalue weighted by Gasteiger charge is 2.14. The molecular formula is C17H17FN2O3. The predicted molar refractivity (Wildman–Crippen MR) is 84.2 cm³/mol. The Morgan fingerprint density at radius 1 is 1.35 bits per heavy atom. The van der Waals surface area contributed by atoms with Crippen LogP contribution in [0.15, 0.2) is 28.7 Å². The molecule has 2 N–H and O–H groups in total. The molecule has 2 heterocycles. The van der Waals surface area contributed by atoms with Gasteiger partial charge in [0, 0.05) is 23.7 Å². The first-order valence-corrected chi connectivity index (χ1v) is 7.19. The van der Waals surface area contributed by atoms with Crippen LogP contribution in [0.25, 0.3) is 10.9 Å². The lowest BCUT2D eigenvalue weighted by atomic mass is 10.1. The highest BCUT2D eigenvalue weighted by Crippen LogP contribution is 2.25. The zero-order chi connectivity index (χ0) is 16.6. The summed E-state index contributed by atoms with van der Waals surface area (Å²) in [4.78, 5) is 15.3. The number of carbonyl (C=O) groups is 1. The van der Waals surface area contributed by atoms with E-state index in [0.29, 0.717) is 5.56 Å². The van der Waals surface area contributed by atoms with Gasteiger partial charge >= 0.3 is 0 Å². The van der Waals surface area contributed by atoms with Crippen LogP contribution < -0.4 is 10.1 Å². The van der Waals surface area contributed by atoms with Crippen LogP contribution in [0.1, 0.15) is 27.4 Å². The molecule has 1 aromatic carbocycles. The number of aromatic nitrogens is 1. The molecule has 0 saturated heterocycles. The highest BCUT2D eigenvalue weighted by atomic mass is 19.1. The van der Waals surface area contributed by atoms with Crippen molar-refractivity contribution in [3.8, 4) is 5.95 Å². The van der Waals surface area contributed by atoms with E-state index in [1.165, 1.54) is 25.3 Å². The second-order valence-electron chi connectivity index (χ2n) is 5.37. The number of benzene rings is 1. The lowest BCUT2D eigenvalue weighted by Crippen LogP contribution is -2.22. The minimum atomic E-state index is -0.384. The molecule has 0 aliphatic rings. The quantitative estimate of drug-likeness (QED) is 0.774. The van der Waals surface area contributed by atoms with Crippen LogP contribution in [0.2, 0.25) is 0 Å². The van der Waals surface area contributed by atoms with Gasteiger partial charge in [0.25, 0.3) is 11.9 Å². The molecule has 6 heteroatoms. The van der Waals surface area contributed by atoms with Gasteiger partial charge in [-0.05, 0) is 43.2 Å². The Labute approximate surface area is 132 Å². The first kappa shape index (κ1) is 15.1. The summed E-state index contributed by atoms with van der Waals surface area (Å²) in [6.45, 7) is 4.06. The number of halogens is 1. The fourth-order valence-corrected chi connectivity index (χ4v) is 2.54. The summed E-state index contributed by atoms with van der Waals surface area (Å²) < 4.78 is 23.9. The Balaban J connectivity index is 1.84. The van der Waals surface area contributed by atoms with E-state index < -0.39 is 0 Å². The minimum Gasteiger partial charge on any atom is -0.468 e. The van der Waals surface area contributed by atoms with Crippen LogP contribution in [0, 0.1) is 19.7 Å². The van der Waals surface area contributed by atoms with Gasteiger partial charge < -0.3 is 19.5 Å². The first-order valence-electron chi connectivity index (χ1n) is 7.19. The Kier molecular flexibility index (Phi) is 3.82. The Morgan fingerprint density at radius 3 is 2.83 bits per heavy atom. The molecule has 0 aliphatic heterocycles. The van der Waals surface area contributed by atoms with Crippen molar-refractivity contribution in [1.82, 2.24) is 10.3 Å². The van der Waals surface area contributed by atoms with E-state index in [-0.39, 0.29) is 30.0 Å². The molecule has 0 atom stereocenters. The van der Waals surface area contributed by atoms with Crippen molar-refractivity contribution in [2.75, 3.05) is 7.11 Å². The summed E-state index contributed by atoms with van der Waals surface area (Å²) in [6.07, 6.45) is 0. The molecular weight excluding hydrogens is 299 g/mol. The summed E-state index contributed by atoms with van der Waals surface area (Å²) in [5.74, 6) is -0.304. The van der Waals surface area contributed by atoms with Gasteiger partial charge in [-0.2, -0.15) is 0 Å². The maximum Gasteiger partial charge on any atom is 0.287 e. The number of methoxy groups -OCH3 is 1. The van der Waals surface area contributed by atoms with Gasteiger partial charge in [-0.3, -0.25) is 4.79 Å². The van der Waals surface area contributed by atoms with Gasteiger partial charge in [-0.1, -0.05) is 0 Å². The fourth-order valence-electron chi connectivity index (χ4n) is 2.54. The van der Waals surface area contributed by atoms with Crippen LogP contribution in [-0.4, -0.2) is 18.0 Å². The number of hydrogen-bond donors (Lipinski definition) is 2. The van der Waals surface area contributed by atoms with Crippen LogP contribution >= 0.6 is 0 Å². The molecule has 0 bridgehead atoms. The van der Waals surface area contributed by atoms with Gasteiger partial charge in [0.2, 0.25) is 0 Å². The van der Waals surface area contributed by atoms with Crippen molar-refractivity contribution in [2.24, 2.45) is 0 Å². The van der Waals surface area contributed by atoms with Gasteiger partial charge in [0.05, 0.1) is 12.6 Å². The zero-order valence-corrected chi connectivity index (χ0v) is 13.1.